The fraction of sp³-hybridized carbons (Fsp3) is 0.588. The first-order valence-corrected chi connectivity index (χ1v) is 7.40. The van der Waals surface area contributed by atoms with E-state index in [1.807, 2.05) is 44.2 Å². The lowest BCUT2D eigenvalue weighted by Gasteiger charge is -2.17. The van der Waals surface area contributed by atoms with Crippen molar-refractivity contribution in [3.8, 4) is 0 Å². The van der Waals surface area contributed by atoms with E-state index in [-0.39, 0.29) is 18.0 Å². The van der Waals surface area contributed by atoms with Crippen molar-refractivity contribution in [2.24, 2.45) is 0 Å². The van der Waals surface area contributed by atoms with Crippen molar-refractivity contribution in [3.05, 3.63) is 35.9 Å². The summed E-state index contributed by atoms with van der Waals surface area (Å²) in [6.07, 6.45) is 5.86. The molecule has 0 aliphatic rings. The van der Waals surface area contributed by atoms with Gasteiger partial charge in [-0.15, -0.1) is 0 Å². The molecule has 2 nitrogen and oxygen atoms in total. The van der Waals surface area contributed by atoms with E-state index in [4.69, 9.17) is 4.74 Å². The summed E-state index contributed by atoms with van der Waals surface area (Å²) in [5.41, 5.74) is 1.02. The van der Waals surface area contributed by atoms with Gasteiger partial charge in [0.2, 0.25) is 0 Å². The summed E-state index contributed by atoms with van der Waals surface area (Å²) < 4.78 is 5.51. The Morgan fingerprint density at radius 2 is 1.79 bits per heavy atom. The molecular formula is C17H26O2. The zero-order chi connectivity index (χ0) is 14.1. The molecule has 0 spiro atoms. The molecule has 0 aliphatic carbocycles. The highest BCUT2D eigenvalue weighted by molar-refractivity contribution is 5.77. The minimum atomic E-state index is -0.181. The molecule has 2 unspecified atom stereocenters. The molecule has 2 heteroatoms. The van der Waals surface area contributed by atoms with Crippen molar-refractivity contribution in [1.29, 1.82) is 0 Å². The van der Waals surface area contributed by atoms with Gasteiger partial charge in [0.05, 0.1) is 12.0 Å². The van der Waals surface area contributed by atoms with Gasteiger partial charge in [-0.05, 0) is 32.3 Å². The predicted molar refractivity (Wildman–Crippen MR) is 79.2 cm³/mol. The molecule has 1 aromatic carbocycles. The Hall–Kier alpha value is -1.31. The first-order chi connectivity index (χ1) is 9.15. The largest absolute Gasteiger partial charge is 0.462 e. The van der Waals surface area contributed by atoms with Crippen molar-refractivity contribution < 1.29 is 9.53 Å². The highest BCUT2D eigenvalue weighted by Crippen LogP contribution is 2.18. The molecule has 0 fully saturated rings. The lowest BCUT2D eigenvalue weighted by molar-refractivity contribution is -0.150. The number of hydrogen-bond donors (Lipinski definition) is 0. The van der Waals surface area contributed by atoms with Gasteiger partial charge in [-0.3, -0.25) is 4.79 Å². The number of carbonyl (C=O) groups excluding carboxylic acids is 1. The summed E-state index contributed by atoms with van der Waals surface area (Å²) >= 11 is 0. The van der Waals surface area contributed by atoms with Crippen LogP contribution in [-0.2, 0) is 9.53 Å². The monoisotopic (exact) mass is 262 g/mol. The lowest BCUT2D eigenvalue weighted by Crippen LogP contribution is -2.19. The van der Waals surface area contributed by atoms with Crippen LogP contribution >= 0.6 is 0 Å². The van der Waals surface area contributed by atoms with Crippen LogP contribution in [0.3, 0.4) is 0 Å². The molecule has 2 atom stereocenters. The molecule has 0 radical (unpaired) electrons. The van der Waals surface area contributed by atoms with E-state index in [1.165, 1.54) is 19.3 Å². The zero-order valence-corrected chi connectivity index (χ0v) is 12.4. The van der Waals surface area contributed by atoms with Crippen LogP contribution in [0.25, 0.3) is 0 Å². The minimum absolute atomic E-state index is 0.0236. The summed E-state index contributed by atoms with van der Waals surface area (Å²) in [6.45, 7) is 6.09. The molecule has 0 aliphatic heterocycles. The van der Waals surface area contributed by atoms with Gasteiger partial charge in [-0.25, -0.2) is 0 Å². The van der Waals surface area contributed by atoms with E-state index in [9.17, 15) is 4.79 Å². The van der Waals surface area contributed by atoms with Crippen molar-refractivity contribution >= 4 is 5.97 Å². The molecule has 0 bridgehead atoms. The second-order valence-electron chi connectivity index (χ2n) is 5.23. The molecule has 19 heavy (non-hydrogen) atoms. The van der Waals surface area contributed by atoms with Crippen LogP contribution in [-0.4, -0.2) is 12.1 Å². The van der Waals surface area contributed by atoms with Crippen LogP contribution in [0.2, 0.25) is 0 Å². The molecule has 0 saturated carbocycles. The third-order valence-electron chi connectivity index (χ3n) is 3.43. The quantitative estimate of drug-likeness (QED) is 0.501. The highest BCUT2D eigenvalue weighted by atomic mass is 16.5. The van der Waals surface area contributed by atoms with Gasteiger partial charge in [-0.2, -0.15) is 0 Å². The molecular weight excluding hydrogens is 236 g/mol. The number of esters is 1. The van der Waals surface area contributed by atoms with E-state index in [2.05, 4.69) is 6.92 Å². The van der Waals surface area contributed by atoms with Crippen molar-refractivity contribution in [2.75, 3.05) is 0 Å². The van der Waals surface area contributed by atoms with Crippen LogP contribution < -0.4 is 0 Å². The van der Waals surface area contributed by atoms with Gasteiger partial charge < -0.3 is 4.74 Å². The maximum atomic E-state index is 12.0. The van der Waals surface area contributed by atoms with Crippen LogP contribution in [0.4, 0.5) is 0 Å². The van der Waals surface area contributed by atoms with Crippen LogP contribution in [0.1, 0.15) is 64.4 Å². The lowest BCUT2D eigenvalue weighted by atomic mass is 10.0. The standard InChI is InChI=1S/C17H26O2/c1-4-5-6-8-11-14(2)19-17(18)15(3)16-12-9-7-10-13-16/h7,9-10,12-15H,4-6,8,11H2,1-3H3. The Kier molecular flexibility index (Phi) is 7.24. The molecule has 0 aromatic heterocycles. The van der Waals surface area contributed by atoms with Gasteiger partial charge in [0.25, 0.3) is 0 Å². The first-order valence-electron chi connectivity index (χ1n) is 7.40. The molecule has 0 heterocycles. The topological polar surface area (TPSA) is 26.3 Å². The molecule has 1 rings (SSSR count). The SMILES string of the molecule is CCCCCCC(C)OC(=O)C(C)c1ccccc1. The van der Waals surface area contributed by atoms with Crippen LogP contribution in [0.15, 0.2) is 30.3 Å². The normalized spacial score (nSPS) is 13.8. The third kappa shape index (κ3) is 5.91. The Bertz CT molecular complexity index is 359. The van der Waals surface area contributed by atoms with Crippen molar-refractivity contribution in [1.82, 2.24) is 0 Å². The molecule has 0 amide bonds. The average Bonchev–Trinajstić information content (AvgIpc) is 2.43. The maximum Gasteiger partial charge on any atom is 0.313 e. The molecule has 1 aromatic rings. The van der Waals surface area contributed by atoms with Crippen LogP contribution in [0.5, 0.6) is 0 Å². The summed E-state index contributed by atoms with van der Waals surface area (Å²) in [6, 6.07) is 9.80. The number of rotatable bonds is 8. The Morgan fingerprint density at radius 3 is 2.42 bits per heavy atom. The van der Waals surface area contributed by atoms with Crippen molar-refractivity contribution in [3.63, 3.8) is 0 Å². The molecule has 0 saturated heterocycles. The smallest absolute Gasteiger partial charge is 0.313 e. The van der Waals surface area contributed by atoms with E-state index in [0.29, 0.717) is 0 Å². The minimum Gasteiger partial charge on any atom is -0.462 e. The number of hydrogen-bond acceptors (Lipinski definition) is 2. The fourth-order valence-corrected chi connectivity index (χ4v) is 2.10. The van der Waals surface area contributed by atoms with Gasteiger partial charge in [0.1, 0.15) is 0 Å². The summed E-state index contributed by atoms with van der Waals surface area (Å²) in [7, 11) is 0. The highest BCUT2D eigenvalue weighted by Gasteiger charge is 2.18. The Labute approximate surface area is 117 Å². The third-order valence-corrected chi connectivity index (χ3v) is 3.43. The number of unbranched alkanes of at least 4 members (excludes halogenated alkanes) is 3. The maximum absolute atomic E-state index is 12.0. The Balaban J connectivity index is 2.33. The average molecular weight is 262 g/mol. The number of benzene rings is 1. The first kappa shape index (κ1) is 15.7. The van der Waals surface area contributed by atoms with Gasteiger partial charge in [-0.1, -0.05) is 56.5 Å². The fourth-order valence-electron chi connectivity index (χ4n) is 2.10. The van der Waals surface area contributed by atoms with E-state index >= 15 is 0 Å². The number of ether oxygens (including phenoxy) is 1. The Morgan fingerprint density at radius 1 is 1.11 bits per heavy atom. The number of carbonyl (C=O) groups is 1. The second-order valence-corrected chi connectivity index (χ2v) is 5.23. The molecule has 106 valence electrons. The van der Waals surface area contributed by atoms with Crippen LogP contribution in [0, 0.1) is 0 Å². The summed E-state index contributed by atoms with van der Waals surface area (Å²) in [4.78, 5) is 12.0. The summed E-state index contributed by atoms with van der Waals surface area (Å²) in [5.74, 6) is -0.298. The second kappa shape index (κ2) is 8.73. The zero-order valence-electron chi connectivity index (χ0n) is 12.4. The van der Waals surface area contributed by atoms with Gasteiger partial charge >= 0.3 is 5.97 Å². The van der Waals surface area contributed by atoms with E-state index in [0.717, 1.165) is 18.4 Å². The predicted octanol–water partition coefficient (Wildman–Crippen LogP) is 4.69. The van der Waals surface area contributed by atoms with Crippen molar-refractivity contribution in [2.45, 2.75) is 64.9 Å². The van der Waals surface area contributed by atoms with E-state index < -0.39 is 0 Å². The van der Waals surface area contributed by atoms with Gasteiger partial charge in [0, 0.05) is 0 Å². The van der Waals surface area contributed by atoms with E-state index in [1.54, 1.807) is 0 Å². The van der Waals surface area contributed by atoms with Gasteiger partial charge in [0.15, 0.2) is 0 Å². The summed E-state index contributed by atoms with van der Waals surface area (Å²) in [5, 5.41) is 0. The molecule has 0 N–H and O–H groups in total.